The lowest BCUT2D eigenvalue weighted by molar-refractivity contribution is 0.116. The first kappa shape index (κ1) is 25.6. The molecule has 0 amide bonds. The maximum atomic E-state index is 15.6. The Balaban J connectivity index is 1.70. The maximum absolute atomic E-state index is 15.6. The molecule has 4 nitrogen and oxygen atoms in total. The fourth-order valence-corrected chi connectivity index (χ4v) is 8.31. The topological polar surface area (TPSA) is 50.4 Å². The Kier molecular flexibility index (Phi) is 7.46. The largest absolute Gasteiger partial charge is 0.316 e. The van der Waals surface area contributed by atoms with E-state index in [1.165, 1.54) is 0 Å². The second-order valence-electron chi connectivity index (χ2n) is 10.7. The van der Waals surface area contributed by atoms with Crippen LogP contribution in [0.2, 0.25) is 0 Å². The van der Waals surface area contributed by atoms with E-state index in [1.807, 2.05) is 97.1 Å². The molecule has 4 aromatic carbocycles. The molecule has 0 aromatic heterocycles. The van der Waals surface area contributed by atoms with Crippen LogP contribution >= 0.6 is 7.37 Å². The maximum Gasteiger partial charge on any atom is 0.245 e. The van der Waals surface area contributed by atoms with Crippen molar-refractivity contribution in [1.82, 2.24) is 10.6 Å². The fourth-order valence-electron chi connectivity index (χ4n) is 5.06. The van der Waals surface area contributed by atoms with Gasteiger partial charge in [-0.1, -0.05) is 121 Å². The molecule has 1 fully saturated rings. The number of nitrogens with one attached hydrogen (secondary N) is 2. The van der Waals surface area contributed by atoms with E-state index in [-0.39, 0.29) is 11.6 Å². The molecule has 5 atom stereocenters. The minimum absolute atomic E-state index is 0.179. The SMILES string of the molecule is CC(C)(C)NC(c1ccccc1)[P@@]1(=O)O[C@H](c2ccccc2)[C@H](c2ccccc2)N[C@@H]1c1ccccc1. The molecule has 1 aliphatic heterocycles. The summed E-state index contributed by atoms with van der Waals surface area (Å²) in [5.41, 5.74) is 3.71. The van der Waals surface area contributed by atoms with E-state index in [1.54, 1.807) is 0 Å². The average molecular weight is 511 g/mol. The van der Waals surface area contributed by atoms with Crippen LogP contribution in [0.25, 0.3) is 0 Å². The van der Waals surface area contributed by atoms with Crippen molar-refractivity contribution in [3.8, 4) is 0 Å². The van der Waals surface area contributed by atoms with Gasteiger partial charge in [0.1, 0.15) is 17.7 Å². The first-order chi connectivity index (χ1) is 17.9. The molecule has 5 rings (SSSR count). The highest BCUT2D eigenvalue weighted by Gasteiger charge is 2.52. The Morgan fingerprint density at radius 2 is 1.16 bits per heavy atom. The van der Waals surface area contributed by atoms with Gasteiger partial charge in [0.15, 0.2) is 0 Å². The van der Waals surface area contributed by atoms with E-state index in [9.17, 15) is 0 Å². The van der Waals surface area contributed by atoms with E-state index >= 15 is 4.57 Å². The first-order valence-electron chi connectivity index (χ1n) is 12.9. The van der Waals surface area contributed by atoms with Crippen molar-refractivity contribution in [1.29, 1.82) is 0 Å². The van der Waals surface area contributed by atoms with Crippen LogP contribution in [0.5, 0.6) is 0 Å². The molecule has 1 unspecified atom stereocenters. The third kappa shape index (κ3) is 5.63. The third-order valence-electron chi connectivity index (χ3n) is 6.73. The molecule has 0 bridgehead atoms. The van der Waals surface area contributed by atoms with Gasteiger partial charge in [-0.25, -0.2) is 0 Å². The molecule has 2 N–H and O–H groups in total. The molecule has 0 aliphatic carbocycles. The standard InChI is InChI=1S/C32H35N2O2P/c1-32(2,3)34-31(27-22-14-7-15-23-27)37(35)30(26-20-12-6-13-21-26)33-28(24-16-8-4-9-17-24)29(36-37)25-18-10-5-11-19-25/h4-23,28-31,33-34H,1-3H3/t28-,29+,30-,31?,37-/m0/s1. The van der Waals surface area contributed by atoms with Crippen LogP contribution in [0.1, 0.15) is 66.7 Å². The summed E-state index contributed by atoms with van der Waals surface area (Å²) in [6, 6.07) is 40.4. The highest BCUT2D eigenvalue weighted by Crippen LogP contribution is 2.73. The number of hydrogen-bond donors (Lipinski definition) is 2. The fraction of sp³-hybridized carbons (Fsp3) is 0.250. The number of benzene rings is 4. The highest BCUT2D eigenvalue weighted by molar-refractivity contribution is 7.59. The van der Waals surface area contributed by atoms with Crippen LogP contribution in [0, 0.1) is 0 Å². The van der Waals surface area contributed by atoms with E-state index in [2.05, 4.69) is 55.7 Å². The van der Waals surface area contributed by atoms with Gasteiger partial charge in [-0.15, -0.1) is 0 Å². The lowest BCUT2D eigenvalue weighted by Crippen LogP contribution is -2.44. The van der Waals surface area contributed by atoms with Crippen LogP contribution in [-0.4, -0.2) is 5.54 Å². The van der Waals surface area contributed by atoms with Gasteiger partial charge >= 0.3 is 0 Å². The van der Waals surface area contributed by atoms with Crippen LogP contribution < -0.4 is 10.6 Å². The summed E-state index contributed by atoms with van der Waals surface area (Å²) < 4.78 is 22.5. The van der Waals surface area contributed by atoms with Gasteiger partial charge in [0.25, 0.3) is 0 Å². The first-order valence-corrected chi connectivity index (χ1v) is 14.6. The molecule has 190 valence electrons. The monoisotopic (exact) mass is 510 g/mol. The van der Waals surface area contributed by atoms with Crippen molar-refractivity contribution in [2.75, 3.05) is 0 Å². The minimum Gasteiger partial charge on any atom is -0.316 e. The molecule has 1 aliphatic rings. The molecule has 0 saturated carbocycles. The van der Waals surface area contributed by atoms with E-state index in [4.69, 9.17) is 4.52 Å². The van der Waals surface area contributed by atoms with Crippen molar-refractivity contribution >= 4 is 7.37 Å². The normalized spacial score (nSPS) is 24.9. The summed E-state index contributed by atoms with van der Waals surface area (Å²) in [5.74, 6) is -1.01. The Morgan fingerprint density at radius 1 is 0.703 bits per heavy atom. The van der Waals surface area contributed by atoms with Gasteiger partial charge in [0.05, 0.1) is 6.04 Å². The molecule has 1 heterocycles. The smallest absolute Gasteiger partial charge is 0.245 e. The van der Waals surface area contributed by atoms with Gasteiger partial charge < -0.3 is 4.52 Å². The highest BCUT2D eigenvalue weighted by atomic mass is 31.2. The van der Waals surface area contributed by atoms with Crippen molar-refractivity contribution in [3.63, 3.8) is 0 Å². The van der Waals surface area contributed by atoms with Crippen molar-refractivity contribution in [2.24, 2.45) is 0 Å². The van der Waals surface area contributed by atoms with Crippen LogP contribution in [-0.2, 0) is 9.09 Å². The van der Waals surface area contributed by atoms with Crippen molar-refractivity contribution in [3.05, 3.63) is 144 Å². The molecule has 1 saturated heterocycles. The summed E-state index contributed by atoms with van der Waals surface area (Å²) in [4.78, 5) is 0. The molecular formula is C32H35N2O2P. The predicted molar refractivity (Wildman–Crippen MR) is 151 cm³/mol. The van der Waals surface area contributed by atoms with Gasteiger partial charge in [-0.05, 0) is 43.0 Å². The summed E-state index contributed by atoms with van der Waals surface area (Å²) in [6.45, 7) is 6.31. The zero-order valence-corrected chi connectivity index (χ0v) is 22.5. The zero-order valence-electron chi connectivity index (χ0n) is 21.6. The van der Waals surface area contributed by atoms with Gasteiger partial charge in [0.2, 0.25) is 7.37 Å². The van der Waals surface area contributed by atoms with E-state index < -0.39 is 25.0 Å². The molecule has 5 heteroatoms. The Hall–Kier alpha value is -3.01. The number of hydrogen-bond acceptors (Lipinski definition) is 4. The Labute approximate surface area is 220 Å². The van der Waals surface area contributed by atoms with E-state index in [0.29, 0.717) is 0 Å². The zero-order chi connectivity index (χ0) is 25.9. The molecule has 0 radical (unpaired) electrons. The average Bonchev–Trinajstić information content (AvgIpc) is 2.93. The lowest BCUT2D eigenvalue weighted by Gasteiger charge is -2.47. The van der Waals surface area contributed by atoms with Gasteiger partial charge in [-0.2, -0.15) is 0 Å². The molecule has 0 spiro atoms. The van der Waals surface area contributed by atoms with E-state index in [0.717, 1.165) is 22.3 Å². The van der Waals surface area contributed by atoms with Crippen LogP contribution in [0.3, 0.4) is 0 Å². The number of rotatable bonds is 6. The molecular weight excluding hydrogens is 475 g/mol. The summed E-state index contributed by atoms with van der Waals surface area (Å²) >= 11 is 0. The van der Waals surface area contributed by atoms with Gasteiger partial charge in [-0.3, -0.25) is 15.2 Å². The van der Waals surface area contributed by atoms with Crippen molar-refractivity contribution in [2.45, 2.75) is 50.0 Å². The minimum atomic E-state index is -3.48. The summed E-state index contributed by atoms with van der Waals surface area (Å²) in [7, 11) is -3.48. The Bertz CT molecular complexity index is 1330. The van der Waals surface area contributed by atoms with Crippen molar-refractivity contribution < 1.29 is 9.09 Å². The van der Waals surface area contributed by atoms with Gasteiger partial charge in [0, 0.05) is 5.54 Å². The second-order valence-corrected chi connectivity index (χ2v) is 13.2. The second kappa shape index (κ2) is 10.8. The summed E-state index contributed by atoms with van der Waals surface area (Å²) in [5, 5.41) is 7.51. The lowest BCUT2D eigenvalue weighted by atomic mass is 9.95. The van der Waals surface area contributed by atoms with Crippen LogP contribution in [0.4, 0.5) is 0 Å². The predicted octanol–water partition coefficient (Wildman–Crippen LogP) is 8.15. The third-order valence-corrected chi connectivity index (χ3v) is 9.60. The Morgan fingerprint density at radius 3 is 1.68 bits per heavy atom. The van der Waals surface area contributed by atoms with Crippen LogP contribution in [0.15, 0.2) is 121 Å². The summed E-state index contributed by atoms with van der Waals surface area (Å²) in [6.07, 6.45) is -0.428. The molecule has 4 aromatic rings. The molecule has 37 heavy (non-hydrogen) atoms. The quantitative estimate of drug-likeness (QED) is 0.257.